The fourth-order valence-electron chi connectivity index (χ4n) is 5.69. The largest absolute Gasteiger partial charge is 0.394 e. The molecule has 6 heteroatoms. The first-order chi connectivity index (χ1) is 21.0. The van der Waals surface area contributed by atoms with E-state index in [-0.39, 0.29) is 0 Å². The molecule has 0 aromatic rings. The molecule has 1 amide bonds. The van der Waals surface area contributed by atoms with Gasteiger partial charge in [-0.25, -0.2) is 0 Å². The van der Waals surface area contributed by atoms with Crippen LogP contribution in [0.5, 0.6) is 0 Å². The SMILES string of the molecule is CCCCCCCCCC/C=C\CCCCCCCCC(O)C(=O)NC(CO)C(O)C(O)CCCCCCCCCCC. The maximum atomic E-state index is 12.4. The summed E-state index contributed by atoms with van der Waals surface area (Å²) in [6, 6.07) is -0.981. The van der Waals surface area contributed by atoms with E-state index in [4.69, 9.17) is 0 Å². The van der Waals surface area contributed by atoms with Gasteiger partial charge in [0.15, 0.2) is 0 Å². The van der Waals surface area contributed by atoms with Crippen LogP contribution < -0.4 is 5.32 Å². The van der Waals surface area contributed by atoms with Crippen LogP contribution in [0, 0.1) is 0 Å². The number of nitrogens with one attached hydrogen (secondary N) is 1. The topological polar surface area (TPSA) is 110 Å². The second kappa shape index (κ2) is 32.4. The number of hydrogen-bond donors (Lipinski definition) is 5. The van der Waals surface area contributed by atoms with Gasteiger partial charge in [-0.15, -0.1) is 0 Å². The van der Waals surface area contributed by atoms with Crippen molar-refractivity contribution >= 4 is 5.91 Å². The fourth-order valence-corrected chi connectivity index (χ4v) is 5.69. The summed E-state index contributed by atoms with van der Waals surface area (Å²) >= 11 is 0. The van der Waals surface area contributed by atoms with E-state index in [0.717, 1.165) is 44.9 Å². The maximum Gasteiger partial charge on any atom is 0.249 e. The Hall–Kier alpha value is -0.950. The summed E-state index contributed by atoms with van der Waals surface area (Å²) in [6.07, 6.45) is 32.4. The molecule has 256 valence electrons. The Morgan fingerprint density at radius 2 is 0.930 bits per heavy atom. The highest BCUT2D eigenvalue weighted by molar-refractivity contribution is 5.80. The van der Waals surface area contributed by atoms with E-state index in [1.54, 1.807) is 0 Å². The summed E-state index contributed by atoms with van der Waals surface area (Å²) in [5, 5.41) is 43.3. The molecule has 4 unspecified atom stereocenters. The Morgan fingerprint density at radius 1 is 0.558 bits per heavy atom. The molecule has 0 aliphatic heterocycles. The van der Waals surface area contributed by atoms with Gasteiger partial charge in [0.1, 0.15) is 12.2 Å². The van der Waals surface area contributed by atoms with Crippen molar-refractivity contribution in [1.29, 1.82) is 0 Å². The molecular weight excluding hydrogens is 538 g/mol. The lowest BCUT2D eigenvalue weighted by atomic mass is 9.99. The summed E-state index contributed by atoms with van der Waals surface area (Å²) in [5.74, 6) is -0.591. The highest BCUT2D eigenvalue weighted by Crippen LogP contribution is 2.15. The van der Waals surface area contributed by atoms with Crippen LogP contribution in [0.4, 0.5) is 0 Å². The lowest BCUT2D eigenvalue weighted by Crippen LogP contribution is -2.53. The van der Waals surface area contributed by atoms with Crippen LogP contribution in [0.3, 0.4) is 0 Å². The molecule has 43 heavy (non-hydrogen) atoms. The van der Waals surface area contributed by atoms with Crippen LogP contribution in [0.15, 0.2) is 12.2 Å². The van der Waals surface area contributed by atoms with Crippen LogP contribution in [-0.2, 0) is 4.79 Å². The third-order valence-corrected chi connectivity index (χ3v) is 8.73. The van der Waals surface area contributed by atoms with E-state index in [1.165, 1.54) is 116 Å². The average Bonchev–Trinajstić information content (AvgIpc) is 3.01. The summed E-state index contributed by atoms with van der Waals surface area (Å²) < 4.78 is 0. The molecule has 0 radical (unpaired) electrons. The fraction of sp³-hybridized carbons (Fsp3) is 0.919. The maximum absolute atomic E-state index is 12.4. The molecule has 0 spiro atoms. The van der Waals surface area contributed by atoms with Gasteiger partial charge in [0.2, 0.25) is 5.91 Å². The molecule has 0 rings (SSSR count). The van der Waals surface area contributed by atoms with Crippen molar-refractivity contribution in [2.24, 2.45) is 0 Å². The lowest BCUT2D eigenvalue weighted by molar-refractivity contribution is -0.132. The summed E-state index contributed by atoms with van der Waals surface area (Å²) in [5.41, 5.74) is 0. The van der Waals surface area contributed by atoms with Crippen molar-refractivity contribution < 1.29 is 25.2 Å². The van der Waals surface area contributed by atoms with Gasteiger partial charge in [0, 0.05) is 0 Å². The van der Waals surface area contributed by atoms with Gasteiger partial charge in [-0.05, 0) is 38.5 Å². The monoisotopic (exact) mass is 612 g/mol. The number of allylic oxidation sites excluding steroid dienone is 2. The van der Waals surface area contributed by atoms with Crippen molar-refractivity contribution in [1.82, 2.24) is 5.32 Å². The van der Waals surface area contributed by atoms with E-state index in [0.29, 0.717) is 12.8 Å². The molecule has 0 heterocycles. The summed E-state index contributed by atoms with van der Waals surface area (Å²) in [7, 11) is 0. The predicted octanol–water partition coefficient (Wildman–Crippen LogP) is 8.67. The second-order valence-electron chi connectivity index (χ2n) is 12.9. The van der Waals surface area contributed by atoms with E-state index >= 15 is 0 Å². The van der Waals surface area contributed by atoms with Crippen molar-refractivity contribution in [3.8, 4) is 0 Å². The standard InChI is InChI=1S/C37H73NO5/c1-3-5-7-9-11-13-14-15-16-17-18-19-20-21-23-25-27-29-31-35(41)37(43)38-33(32-39)36(42)34(40)30-28-26-24-22-12-10-8-6-4-2/h17-18,33-36,39-42H,3-16,19-32H2,1-2H3,(H,38,43)/b18-17-. The Morgan fingerprint density at radius 3 is 1.35 bits per heavy atom. The van der Waals surface area contributed by atoms with E-state index in [1.807, 2.05) is 0 Å². The molecule has 0 bridgehead atoms. The smallest absolute Gasteiger partial charge is 0.249 e. The highest BCUT2D eigenvalue weighted by atomic mass is 16.3. The number of unbranched alkanes of at least 4 members (excludes halogenated alkanes) is 22. The third kappa shape index (κ3) is 27.1. The minimum Gasteiger partial charge on any atom is -0.394 e. The molecule has 0 fully saturated rings. The first kappa shape index (κ1) is 42.0. The number of rotatable bonds is 33. The molecule has 6 nitrogen and oxygen atoms in total. The zero-order valence-electron chi connectivity index (χ0n) is 28.5. The Kier molecular flexibility index (Phi) is 31.7. The normalized spacial score (nSPS) is 14.7. The minimum absolute atomic E-state index is 0.364. The lowest BCUT2D eigenvalue weighted by Gasteiger charge is -2.27. The van der Waals surface area contributed by atoms with Crippen LogP contribution in [0.25, 0.3) is 0 Å². The Balaban J connectivity index is 3.78. The van der Waals surface area contributed by atoms with Crippen molar-refractivity contribution in [3.05, 3.63) is 12.2 Å². The molecule has 0 aromatic carbocycles. The van der Waals surface area contributed by atoms with Gasteiger partial charge < -0.3 is 25.7 Å². The number of carbonyl (C=O) groups excluding carboxylic acids is 1. The summed E-state index contributed by atoms with van der Waals surface area (Å²) in [6.45, 7) is 4.00. The number of amides is 1. The number of aliphatic hydroxyl groups is 4. The summed E-state index contributed by atoms with van der Waals surface area (Å²) in [4.78, 5) is 12.4. The van der Waals surface area contributed by atoms with Crippen LogP contribution in [-0.4, -0.2) is 57.3 Å². The molecule has 0 saturated heterocycles. The van der Waals surface area contributed by atoms with Gasteiger partial charge in [-0.3, -0.25) is 4.79 Å². The molecule has 4 atom stereocenters. The second-order valence-corrected chi connectivity index (χ2v) is 12.9. The van der Waals surface area contributed by atoms with Gasteiger partial charge in [-0.1, -0.05) is 161 Å². The molecule has 5 N–H and O–H groups in total. The quantitative estimate of drug-likeness (QED) is 0.0377. The average molecular weight is 612 g/mol. The first-order valence-electron chi connectivity index (χ1n) is 18.6. The zero-order valence-corrected chi connectivity index (χ0v) is 28.5. The Bertz CT molecular complexity index is 614. The van der Waals surface area contributed by atoms with E-state index in [9.17, 15) is 25.2 Å². The van der Waals surface area contributed by atoms with Crippen molar-refractivity contribution in [3.63, 3.8) is 0 Å². The molecule has 0 saturated carbocycles. The minimum atomic E-state index is -1.25. The van der Waals surface area contributed by atoms with E-state index < -0.39 is 36.9 Å². The van der Waals surface area contributed by atoms with Gasteiger partial charge in [0.25, 0.3) is 0 Å². The number of carbonyl (C=O) groups is 1. The van der Waals surface area contributed by atoms with Gasteiger partial charge >= 0.3 is 0 Å². The Labute approximate surface area is 266 Å². The molecule has 0 aromatic heterocycles. The van der Waals surface area contributed by atoms with Crippen LogP contribution in [0.1, 0.15) is 187 Å². The van der Waals surface area contributed by atoms with Gasteiger partial charge in [-0.2, -0.15) is 0 Å². The first-order valence-corrected chi connectivity index (χ1v) is 18.6. The number of hydrogen-bond acceptors (Lipinski definition) is 5. The predicted molar refractivity (Wildman–Crippen MR) is 182 cm³/mol. The zero-order chi connectivity index (χ0) is 31.8. The van der Waals surface area contributed by atoms with Crippen molar-refractivity contribution in [2.75, 3.05) is 6.61 Å². The van der Waals surface area contributed by atoms with Crippen LogP contribution >= 0.6 is 0 Å². The van der Waals surface area contributed by atoms with Crippen molar-refractivity contribution in [2.45, 2.75) is 212 Å². The third-order valence-electron chi connectivity index (χ3n) is 8.73. The van der Waals surface area contributed by atoms with Gasteiger partial charge in [0.05, 0.1) is 18.8 Å². The molecular formula is C37H73NO5. The molecule has 0 aliphatic carbocycles. The highest BCUT2D eigenvalue weighted by Gasteiger charge is 2.28. The van der Waals surface area contributed by atoms with E-state index in [2.05, 4.69) is 31.3 Å². The molecule has 0 aliphatic rings. The van der Waals surface area contributed by atoms with Crippen LogP contribution in [0.2, 0.25) is 0 Å². The number of aliphatic hydroxyl groups excluding tert-OH is 4.